The number of ether oxygens (including phenoxy) is 2. The van der Waals surface area contributed by atoms with Crippen LogP contribution in [0.2, 0.25) is 0 Å². The van der Waals surface area contributed by atoms with E-state index < -0.39 is 11.1 Å². The summed E-state index contributed by atoms with van der Waals surface area (Å²) >= 11 is 0. The zero-order valence-corrected chi connectivity index (χ0v) is 20.1. The second-order valence-corrected chi connectivity index (χ2v) is 10.3. The summed E-state index contributed by atoms with van der Waals surface area (Å²) < 4.78 is 10.6. The van der Waals surface area contributed by atoms with E-state index in [2.05, 4.69) is 4.84 Å². The van der Waals surface area contributed by atoms with Crippen molar-refractivity contribution in [2.24, 2.45) is 0 Å². The maximum atomic E-state index is 12.0. The predicted molar refractivity (Wildman–Crippen MR) is 132 cm³/mol. The van der Waals surface area contributed by atoms with Crippen molar-refractivity contribution in [3.05, 3.63) is 75.8 Å². The Morgan fingerprint density at radius 1 is 1.03 bits per heavy atom. The van der Waals surface area contributed by atoms with Crippen LogP contribution in [0.3, 0.4) is 0 Å². The van der Waals surface area contributed by atoms with Gasteiger partial charge < -0.3 is 14.3 Å². The molecule has 1 atom stereocenters. The molecule has 0 saturated carbocycles. The van der Waals surface area contributed by atoms with Crippen LogP contribution in [0.25, 0.3) is 6.08 Å². The summed E-state index contributed by atoms with van der Waals surface area (Å²) in [7, 11) is 3.89. The van der Waals surface area contributed by atoms with Gasteiger partial charge in [-0.2, -0.15) is 0 Å². The summed E-state index contributed by atoms with van der Waals surface area (Å²) in [6, 6.07) is 13.0. The molecule has 0 radical (unpaired) electrons. The first kappa shape index (κ1) is 25.6. The number of unbranched alkanes of at least 4 members (excludes halogenated alkanes) is 1. The lowest BCUT2D eigenvalue weighted by atomic mass is 10.1. The minimum Gasteiger partial charge on any atom is -0.427 e. The van der Waals surface area contributed by atoms with Gasteiger partial charge in [0.05, 0.1) is 0 Å². The molecule has 0 spiro atoms. The highest BCUT2D eigenvalue weighted by molar-refractivity contribution is 8.77. The fourth-order valence-electron chi connectivity index (χ4n) is 3.13. The quantitative estimate of drug-likeness (QED) is 0.0692. The van der Waals surface area contributed by atoms with Gasteiger partial charge in [0, 0.05) is 23.5 Å². The van der Waals surface area contributed by atoms with E-state index in [1.807, 2.05) is 21.6 Å². The van der Waals surface area contributed by atoms with E-state index in [0.717, 1.165) is 30.1 Å². The maximum absolute atomic E-state index is 12.0. The van der Waals surface area contributed by atoms with Crippen LogP contribution < -0.4 is 9.47 Å². The third-order valence-corrected chi connectivity index (χ3v) is 7.89. The van der Waals surface area contributed by atoms with Gasteiger partial charge in [-0.15, -0.1) is 10.1 Å². The van der Waals surface area contributed by atoms with Gasteiger partial charge in [0.15, 0.2) is 0 Å². The van der Waals surface area contributed by atoms with Crippen molar-refractivity contribution in [1.29, 1.82) is 0 Å². The van der Waals surface area contributed by atoms with Crippen molar-refractivity contribution in [2.75, 3.05) is 5.75 Å². The SMILES string of the molecule is O=C(/C=C/c1ccc(OC(=O)CCCC[C@@H]2CCSS2)cc1)Oc1ccc(CO[N+](=O)[O-])cc1. The van der Waals surface area contributed by atoms with Crippen LogP contribution >= 0.6 is 21.6 Å². The van der Waals surface area contributed by atoms with Crippen molar-refractivity contribution in [3.63, 3.8) is 0 Å². The Hall–Kier alpha value is -2.98. The van der Waals surface area contributed by atoms with Crippen molar-refractivity contribution in [1.82, 2.24) is 0 Å². The Morgan fingerprint density at radius 2 is 1.74 bits per heavy atom. The maximum Gasteiger partial charge on any atom is 0.336 e. The molecule has 3 rings (SSSR count). The van der Waals surface area contributed by atoms with Crippen LogP contribution in [0.4, 0.5) is 0 Å². The summed E-state index contributed by atoms with van der Waals surface area (Å²) in [6.07, 6.45) is 7.56. The van der Waals surface area contributed by atoms with Gasteiger partial charge in [0.1, 0.15) is 18.1 Å². The van der Waals surface area contributed by atoms with Crippen molar-refractivity contribution >= 4 is 39.6 Å². The summed E-state index contributed by atoms with van der Waals surface area (Å²) in [5, 5.41) is 10.1. The largest absolute Gasteiger partial charge is 0.427 e. The van der Waals surface area contributed by atoms with Crippen LogP contribution in [-0.4, -0.2) is 28.0 Å². The molecule has 10 heteroatoms. The number of hydrogen-bond donors (Lipinski definition) is 0. The van der Waals surface area contributed by atoms with E-state index in [4.69, 9.17) is 9.47 Å². The Morgan fingerprint density at radius 3 is 2.41 bits per heavy atom. The standard InChI is InChI=1S/C24H25NO7S2/c26-23(4-2-1-3-22-15-16-33-34-22)31-20-10-5-18(6-11-20)9-14-24(27)32-21-12-7-19(8-13-21)17-30-25(28)29/h5-14,22H,1-4,15-17H2/b14-9+/t22-/m1/s1. The molecule has 180 valence electrons. The van der Waals surface area contributed by atoms with Crippen LogP contribution in [0.15, 0.2) is 54.6 Å². The number of esters is 2. The smallest absolute Gasteiger partial charge is 0.336 e. The van der Waals surface area contributed by atoms with Crippen LogP contribution in [0, 0.1) is 10.1 Å². The Labute approximate surface area is 205 Å². The molecule has 2 aromatic rings. The molecular formula is C24H25NO7S2. The molecular weight excluding hydrogens is 478 g/mol. The number of benzene rings is 2. The molecule has 0 aliphatic carbocycles. The topological polar surface area (TPSA) is 105 Å². The Balaban J connectivity index is 1.37. The highest BCUT2D eigenvalue weighted by Crippen LogP contribution is 2.39. The second kappa shape index (κ2) is 13.7. The minimum atomic E-state index is -0.868. The average Bonchev–Trinajstić information content (AvgIpc) is 3.35. The fourth-order valence-corrected chi connectivity index (χ4v) is 6.16. The third kappa shape index (κ3) is 9.48. The van der Waals surface area contributed by atoms with Gasteiger partial charge in [-0.05, 0) is 60.7 Å². The summed E-state index contributed by atoms with van der Waals surface area (Å²) in [4.78, 5) is 38.5. The molecule has 1 fully saturated rings. The van der Waals surface area contributed by atoms with Crippen LogP contribution in [0.5, 0.6) is 11.5 Å². The molecule has 0 bridgehead atoms. The number of hydrogen-bond acceptors (Lipinski definition) is 9. The van der Waals surface area contributed by atoms with E-state index in [0.29, 0.717) is 23.5 Å². The van der Waals surface area contributed by atoms with E-state index in [-0.39, 0.29) is 12.6 Å². The molecule has 0 aromatic heterocycles. The fraction of sp³-hybridized carbons (Fsp3) is 0.333. The first-order valence-electron chi connectivity index (χ1n) is 10.8. The number of carbonyl (C=O) groups is 2. The van der Waals surface area contributed by atoms with Crippen LogP contribution in [-0.2, 0) is 21.0 Å². The molecule has 8 nitrogen and oxygen atoms in total. The van der Waals surface area contributed by atoms with Gasteiger partial charge in [0.2, 0.25) is 0 Å². The van der Waals surface area contributed by atoms with E-state index >= 15 is 0 Å². The number of nitrogens with zero attached hydrogens (tertiary/aromatic N) is 1. The summed E-state index contributed by atoms with van der Waals surface area (Å²) in [6.45, 7) is -0.175. The molecule has 2 aromatic carbocycles. The number of carbonyl (C=O) groups excluding carboxylic acids is 2. The first-order valence-corrected chi connectivity index (χ1v) is 13.2. The van der Waals surface area contributed by atoms with E-state index in [1.54, 1.807) is 42.5 Å². The monoisotopic (exact) mass is 503 g/mol. The normalized spacial score (nSPS) is 15.2. The highest BCUT2D eigenvalue weighted by atomic mass is 33.1. The van der Waals surface area contributed by atoms with Crippen molar-refractivity contribution in [3.8, 4) is 11.5 Å². The summed E-state index contributed by atoms with van der Waals surface area (Å²) in [5.41, 5.74) is 1.33. The van der Waals surface area contributed by atoms with E-state index in [1.165, 1.54) is 30.4 Å². The average molecular weight is 504 g/mol. The molecule has 1 aliphatic rings. The lowest BCUT2D eigenvalue weighted by molar-refractivity contribution is -0.763. The second-order valence-electron chi connectivity index (χ2n) is 7.51. The lowest BCUT2D eigenvalue weighted by Gasteiger charge is -2.07. The Bertz CT molecular complexity index is 987. The molecule has 1 heterocycles. The molecule has 0 amide bonds. The van der Waals surface area contributed by atoms with Gasteiger partial charge >= 0.3 is 11.9 Å². The summed E-state index contributed by atoms with van der Waals surface area (Å²) in [5.74, 6) is 1.19. The Kier molecular flexibility index (Phi) is 10.3. The third-order valence-electron chi connectivity index (χ3n) is 4.89. The van der Waals surface area contributed by atoms with Gasteiger partial charge in [-0.3, -0.25) is 4.79 Å². The molecule has 0 unspecified atom stereocenters. The van der Waals surface area contributed by atoms with Crippen molar-refractivity contribution < 1.29 is 29.0 Å². The van der Waals surface area contributed by atoms with Gasteiger partial charge in [-0.1, -0.05) is 52.3 Å². The van der Waals surface area contributed by atoms with Crippen LogP contribution in [0.1, 0.15) is 43.2 Å². The number of rotatable bonds is 12. The minimum absolute atomic E-state index is 0.175. The zero-order valence-electron chi connectivity index (χ0n) is 18.4. The lowest BCUT2D eigenvalue weighted by Crippen LogP contribution is -2.08. The van der Waals surface area contributed by atoms with Gasteiger partial charge in [-0.25, -0.2) is 4.79 Å². The zero-order chi connectivity index (χ0) is 24.2. The van der Waals surface area contributed by atoms with E-state index in [9.17, 15) is 19.7 Å². The predicted octanol–water partition coefficient (Wildman–Crippen LogP) is 5.63. The first-order chi connectivity index (χ1) is 16.5. The highest BCUT2D eigenvalue weighted by Gasteiger charge is 2.16. The molecule has 0 N–H and O–H groups in total. The van der Waals surface area contributed by atoms with Gasteiger partial charge in [0.25, 0.3) is 5.09 Å². The van der Waals surface area contributed by atoms with Crippen molar-refractivity contribution in [2.45, 2.75) is 44.0 Å². The molecule has 1 aliphatic heterocycles. The molecule has 34 heavy (non-hydrogen) atoms. The molecule has 1 saturated heterocycles.